The lowest BCUT2D eigenvalue weighted by Crippen LogP contribution is -2.28. The summed E-state index contributed by atoms with van der Waals surface area (Å²) in [7, 11) is 0. The van der Waals surface area contributed by atoms with Crippen molar-refractivity contribution in [3.8, 4) is 17.2 Å². The molecule has 0 saturated carbocycles. The van der Waals surface area contributed by atoms with Gasteiger partial charge in [0.05, 0.1) is 17.7 Å². The van der Waals surface area contributed by atoms with Gasteiger partial charge < -0.3 is 20.2 Å². The highest BCUT2D eigenvalue weighted by atomic mass is 19.2. The number of nitrogens with zero attached hydrogens (tertiary/aromatic N) is 1. The molecule has 0 fully saturated rings. The first-order chi connectivity index (χ1) is 17.8. The van der Waals surface area contributed by atoms with Crippen molar-refractivity contribution in [3.63, 3.8) is 0 Å². The highest BCUT2D eigenvalue weighted by Crippen LogP contribution is 2.41. The molecule has 1 atom stereocenters. The van der Waals surface area contributed by atoms with Gasteiger partial charge in [0.1, 0.15) is 17.3 Å². The van der Waals surface area contributed by atoms with Crippen molar-refractivity contribution < 1.29 is 22.6 Å². The Kier molecular flexibility index (Phi) is 6.41. The van der Waals surface area contributed by atoms with E-state index in [9.17, 15) is 13.2 Å². The van der Waals surface area contributed by atoms with Crippen molar-refractivity contribution in [2.75, 3.05) is 6.61 Å². The molecular weight excluding hydrogens is 479 g/mol. The van der Waals surface area contributed by atoms with E-state index >= 15 is 0 Å². The molecule has 0 saturated heterocycles. The SMILES string of the molecule is CCc1cccc2c1OCCC2(C)N=C/C=C(\N)c1cc(Oc2cc3cc[nH]c3c(F)c2F)ccc1F. The molecule has 1 aliphatic heterocycles. The molecular formula is C29H26F3N3O2. The molecule has 5 rings (SSSR count). The quantitative estimate of drug-likeness (QED) is 0.277. The Morgan fingerprint density at radius 3 is 2.81 bits per heavy atom. The predicted octanol–water partition coefficient (Wildman–Crippen LogP) is 7.01. The van der Waals surface area contributed by atoms with Gasteiger partial charge in [-0.3, -0.25) is 4.99 Å². The van der Waals surface area contributed by atoms with E-state index in [1.165, 1.54) is 30.5 Å². The van der Waals surface area contributed by atoms with Crippen LogP contribution in [0.5, 0.6) is 17.2 Å². The lowest BCUT2D eigenvalue weighted by molar-refractivity contribution is 0.227. The number of nitrogens with one attached hydrogen (secondary N) is 1. The Labute approximate surface area is 212 Å². The smallest absolute Gasteiger partial charge is 0.203 e. The lowest BCUT2D eigenvalue weighted by atomic mass is 9.85. The minimum Gasteiger partial charge on any atom is -0.493 e. The molecule has 0 radical (unpaired) electrons. The van der Waals surface area contributed by atoms with Crippen LogP contribution in [-0.2, 0) is 12.0 Å². The van der Waals surface area contributed by atoms with Crippen LogP contribution in [0, 0.1) is 17.5 Å². The summed E-state index contributed by atoms with van der Waals surface area (Å²) in [6.45, 7) is 4.64. The van der Waals surface area contributed by atoms with E-state index in [0.717, 1.165) is 29.4 Å². The molecule has 2 heterocycles. The number of halogens is 3. The van der Waals surface area contributed by atoms with Crippen LogP contribution < -0.4 is 15.2 Å². The maximum Gasteiger partial charge on any atom is 0.203 e. The molecule has 190 valence electrons. The number of aliphatic imine (C=N–C) groups is 1. The van der Waals surface area contributed by atoms with Crippen LogP contribution in [0.1, 0.15) is 37.0 Å². The largest absolute Gasteiger partial charge is 0.493 e. The summed E-state index contributed by atoms with van der Waals surface area (Å²) in [6, 6.07) is 12.8. The van der Waals surface area contributed by atoms with E-state index in [0.29, 0.717) is 18.4 Å². The molecule has 0 spiro atoms. The van der Waals surface area contributed by atoms with Crippen molar-refractivity contribution in [2.45, 2.75) is 32.2 Å². The second kappa shape index (κ2) is 9.69. The van der Waals surface area contributed by atoms with Crippen molar-refractivity contribution in [2.24, 2.45) is 10.7 Å². The molecule has 4 aromatic rings. The van der Waals surface area contributed by atoms with E-state index in [-0.39, 0.29) is 28.3 Å². The van der Waals surface area contributed by atoms with E-state index in [2.05, 4.69) is 11.9 Å². The van der Waals surface area contributed by atoms with E-state index in [1.807, 2.05) is 25.1 Å². The Balaban J connectivity index is 1.41. The molecule has 0 bridgehead atoms. The van der Waals surface area contributed by atoms with Crippen LogP contribution in [0.25, 0.3) is 16.6 Å². The fourth-order valence-electron chi connectivity index (χ4n) is 4.55. The number of aryl methyl sites for hydroxylation is 1. The first-order valence-corrected chi connectivity index (χ1v) is 12.0. The van der Waals surface area contributed by atoms with Crippen LogP contribution in [0.2, 0.25) is 0 Å². The maximum absolute atomic E-state index is 14.6. The molecule has 8 heteroatoms. The van der Waals surface area contributed by atoms with Gasteiger partial charge >= 0.3 is 0 Å². The summed E-state index contributed by atoms with van der Waals surface area (Å²) in [5.74, 6) is -2.13. The number of H-pyrrole nitrogens is 1. The molecule has 3 aromatic carbocycles. The summed E-state index contributed by atoms with van der Waals surface area (Å²) in [6.07, 6.45) is 6.11. The maximum atomic E-state index is 14.6. The number of nitrogens with two attached hydrogens (primary N) is 1. The first kappa shape index (κ1) is 24.5. The molecule has 1 aliphatic rings. The van der Waals surface area contributed by atoms with Crippen LogP contribution in [0.3, 0.4) is 0 Å². The first-order valence-electron chi connectivity index (χ1n) is 12.0. The van der Waals surface area contributed by atoms with Crippen LogP contribution >= 0.6 is 0 Å². The minimum absolute atomic E-state index is 0.0443. The molecule has 1 unspecified atom stereocenters. The summed E-state index contributed by atoms with van der Waals surface area (Å²) >= 11 is 0. The van der Waals surface area contributed by atoms with Crippen molar-refractivity contribution in [1.29, 1.82) is 0 Å². The van der Waals surface area contributed by atoms with Gasteiger partial charge in [-0.15, -0.1) is 0 Å². The van der Waals surface area contributed by atoms with Crippen molar-refractivity contribution >= 4 is 22.8 Å². The minimum atomic E-state index is -1.15. The van der Waals surface area contributed by atoms with E-state index < -0.39 is 23.0 Å². The average molecular weight is 506 g/mol. The van der Waals surface area contributed by atoms with Gasteiger partial charge in [0.25, 0.3) is 0 Å². The van der Waals surface area contributed by atoms with Gasteiger partial charge in [-0.1, -0.05) is 25.1 Å². The summed E-state index contributed by atoms with van der Waals surface area (Å²) in [5, 5.41) is 0.445. The van der Waals surface area contributed by atoms with Gasteiger partial charge in [0.2, 0.25) is 5.82 Å². The van der Waals surface area contributed by atoms with Gasteiger partial charge in [0, 0.05) is 41.0 Å². The molecule has 5 nitrogen and oxygen atoms in total. The second-order valence-corrected chi connectivity index (χ2v) is 9.11. The molecule has 1 aromatic heterocycles. The topological polar surface area (TPSA) is 72.6 Å². The van der Waals surface area contributed by atoms with E-state index in [4.69, 9.17) is 20.2 Å². The number of aromatic amines is 1. The molecule has 0 aliphatic carbocycles. The number of fused-ring (bicyclic) bond motifs is 2. The molecule has 0 amide bonds. The number of allylic oxidation sites excluding steroid dienone is 1. The normalized spacial score (nSPS) is 17.7. The third-order valence-corrected chi connectivity index (χ3v) is 6.68. The standard InChI is InChI=1S/C29H26F3N3O2/c1-3-17-5-4-6-21-28(17)36-14-11-29(21,2)35-13-10-23(33)20-16-19(7-8-22(20)30)37-24-15-18-9-12-34-27(18)26(32)25(24)31/h4-10,12-13,15-16,34H,3,11,14,33H2,1-2H3/b23-10-,35-13?. The van der Waals surface area contributed by atoms with Crippen LogP contribution in [-0.4, -0.2) is 17.8 Å². The third-order valence-electron chi connectivity index (χ3n) is 6.68. The van der Waals surface area contributed by atoms with Crippen molar-refractivity contribution in [3.05, 3.63) is 94.9 Å². The number of rotatable bonds is 6. The van der Waals surface area contributed by atoms with Gasteiger partial charge in [0.15, 0.2) is 11.6 Å². The Morgan fingerprint density at radius 1 is 1.16 bits per heavy atom. The summed E-state index contributed by atoms with van der Waals surface area (Å²) in [5.41, 5.74) is 8.00. The Morgan fingerprint density at radius 2 is 2.00 bits per heavy atom. The Hall–Kier alpha value is -4.20. The summed E-state index contributed by atoms with van der Waals surface area (Å²) in [4.78, 5) is 7.40. The highest BCUT2D eigenvalue weighted by molar-refractivity contribution is 5.84. The highest BCUT2D eigenvalue weighted by Gasteiger charge is 2.33. The van der Waals surface area contributed by atoms with Gasteiger partial charge in [-0.05, 0) is 55.3 Å². The zero-order valence-electron chi connectivity index (χ0n) is 20.4. The Bertz CT molecular complexity index is 1540. The average Bonchev–Trinajstić information content (AvgIpc) is 3.37. The lowest BCUT2D eigenvalue weighted by Gasteiger charge is -2.33. The number of hydrogen-bond acceptors (Lipinski definition) is 4. The molecule has 3 N–H and O–H groups in total. The van der Waals surface area contributed by atoms with Crippen molar-refractivity contribution in [1.82, 2.24) is 4.98 Å². The zero-order chi connectivity index (χ0) is 26.2. The number of ether oxygens (including phenoxy) is 2. The predicted molar refractivity (Wildman–Crippen MR) is 139 cm³/mol. The number of para-hydroxylation sites is 1. The zero-order valence-corrected chi connectivity index (χ0v) is 20.4. The summed E-state index contributed by atoms with van der Waals surface area (Å²) < 4.78 is 55.0. The number of aromatic nitrogens is 1. The van der Waals surface area contributed by atoms with Gasteiger partial charge in [-0.25, -0.2) is 8.78 Å². The fraction of sp³-hybridized carbons (Fsp3) is 0.207. The van der Waals surface area contributed by atoms with Crippen LogP contribution in [0.4, 0.5) is 13.2 Å². The van der Waals surface area contributed by atoms with E-state index in [1.54, 1.807) is 12.3 Å². The van der Waals surface area contributed by atoms with Gasteiger partial charge in [-0.2, -0.15) is 4.39 Å². The third kappa shape index (κ3) is 4.55. The van der Waals surface area contributed by atoms with Crippen LogP contribution in [0.15, 0.2) is 65.8 Å². The fourth-order valence-corrected chi connectivity index (χ4v) is 4.55. The molecule has 37 heavy (non-hydrogen) atoms. The number of hydrogen-bond donors (Lipinski definition) is 2. The monoisotopic (exact) mass is 505 g/mol. The number of benzene rings is 3. The second-order valence-electron chi connectivity index (χ2n) is 9.11.